The van der Waals surface area contributed by atoms with Crippen molar-refractivity contribution >= 4 is 20.2 Å². The zero-order valence-electron chi connectivity index (χ0n) is 9.09. The maximum absolute atomic E-state index is 9.98. The molecule has 0 saturated carbocycles. The summed E-state index contributed by atoms with van der Waals surface area (Å²) >= 11 is 0. The van der Waals surface area contributed by atoms with Gasteiger partial charge < -0.3 is 13.8 Å². The summed E-state index contributed by atoms with van der Waals surface area (Å²) in [6.45, 7) is 0. The van der Waals surface area contributed by atoms with Gasteiger partial charge in [-0.2, -0.15) is 0 Å². The molecule has 0 bridgehead atoms. The number of rotatable bonds is 2. The van der Waals surface area contributed by atoms with E-state index < -0.39 is 31.7 Å². The largest absolute Gasteiger partial charge is 1.00 e. The molecule has 0 unspecified atom stereocenters. The fourth-order valence-electron chi connectivity index (χ4n) is 0.333. The first-order valence-electron chi connectivity index (χ1n) is 3.19. The van der Waals surface area contributed by atoms with Crippen LogP contribution in [0.4, 0.5) is 0 Å². The molecular formula is C6H4Na2O7S2. The molecule has 11 heteroatoms. The monoisotopic (exact) mass is 298 g/mol. The summed E-state index contributed by atoms with van der Waals surface area (Å²) in [7, 11) is -8.88. The van der Waals surface area contributed by atoms with E-state index in [0.717, 1.165) is 0 Å². The zero-order chi connectivity index (χ0) is 11.9. The molecule has 0 spiro atoms. The van der Waals surface area contributed by atoms with Gasteiger partial charge in [0.1, 0.15) is 44.0 Å². The molecule has 0 rings (SSSR count). The molecule has 0 aliphatic rings. The number of hydrogen-bond donors (Lipinski definition) is 0. The van der Waals surface area contributed by atoms with Crippen molar-refractivity contribution in [3.8, 4) is 24.1 Å². The minimum atomic E-state index is -4.44. The molecular weight excluding hydrogens is 294 g/mol. The van der Waals surface area contributed by atoms with Gasteiger partial charge >= 0.3 is 59.1 Å². The third kappa shape index (κ3) is 22.4. The third-order valence-electron chi connectivity index (χ3n) is 0.744. The molecule has 0 aromatic carbocycles. The van der Waals surface area contributed by atoms with Crippen LogP contribution in [0.5, 0.6) is 0 Å². The van der Waals surface area contributed by atoms with Crippen LogP contribution in [-0.4, -0.2) is 37.4 Å². The van der Waals surface area contributed by atoms with E-state index in [9.17, 15) is 25.9 Å². The molecule has 0 aromatic rings. The molecule has 0 aliphatic carbocycles. The topological polar surface area (TPSA) is 124 Å². The van der Waals surface area contributed by atoms with Gasteiger partial charge in [-0.05, 0) is 11.8 Å². The van der Waals surface area contributed by atoms with Gasteiger partial charge in [-0.1, -0.05) is 0 Å². The molecule has 0 aromatic heterocycles. The second-order valence-corrected chi connectivity index (χ2v) is 4.87. The molecule has 0 aliphatic heterocycles. The Bertz CT molecular complexity index is 478. The van der Waals surface area contributed by atoms with E-state index in [4.69, 9.17) is 0 Å². The standard InChI is InChI=1S/C6H6O7S2.2Na/c7-14(8,9)5-1-3-13-4-2-6-15(10,11)12;;/h5-6H2,(H,7,8,9)(H,10,11,12);;/q;2*+1/p-2. The van der Waals surface area contributed by atoms with E-state index in [2.05, 4.69) is 4.74 Å². The second kappa shape index (κ2) is 10.6. The zero-order valence-corrected chi connectivity index (χ0v) is 14.7. The van der Waals surface area contributed by atoms with Crippen LogP contribution < -0.4 is 59.1 Å². The predicted octanol–water partition coefficient (Wildman–Crippen LogP) is -7.98. The van der Waals surface area contributed by atoms with Crippen LogP contribution in [0.15, 0.2) is 0 Å². The molecule has 0 fully saturated rings. The van der Waals surface area contributed by atoms with Crippen molar-refractivity contribution in [1.29, 1.82) is 0 Å². The molecule has 0 radical (unpaired) electrons. The summed E-state index contributed by atoms with van der Waals surface area (Å²) in [6.07, 6.45) is 3.46. The van der Waals surface area contributed by atoms with E-state index in [-0.39, 0.29) is 59.1 Å². The Labute approximate surface area is 144 Å². The first kappa shape index (κ1) is 22.9. The summed E-state index contributed by atoms with van der Waals surface area (Å²) in [4.78, 5) is 0. The maximum atomic E-state index is 9.98. The van der Waals surface area contributed by atoms with Gasteiger partial charge in [0.2, 0.25) is 0 Å². The van der Waals surface area contributed by atoms with Gasteiger partial charge in [0.05, 0.1) is 0 Å². The summed E-state index contributed by atoms with van der Waals surface area (Å²) in [5.41, 5.74) is 0. The summed E-state index contributed by atoms with van der Waals surface area (Å²) in [6, 6.07) is 0. The number of ether oxygens (including phenoxy) is 1. The fourth-order valence-corrected chi connectivity index (χ4v) is 0.805. The van der Waals surface area contributed by atoms with Crippen LogP contribution >= 0.6 is 0 Å². The van der Waals surface area contributed by atoms with Crippen molar-refractivity contribution in [2.45, 2.75) is 0 Å². The summed E-state index contributed by atoms with van der Waals surface area (Å²) < 4.78 is 64.0. The Morgan fingerprint density at radius 3 is 1.35 bits per heavy atom. The molecule has 0 amide bonds. The van der Waals surface area contributed by atoms with Gasteiger partial charge in [0.15, 0.2) is 0 Å². The van der Waals surface area contributed by atoms with Crippen molar-refractivity contribution in [1.82, 2.24) is 0 Å². The van der Waals surface area contributed by atoms with Crippen LogP contribution in [0.3, 0.4) is 0 Å². The van der Waals surface area contributed by atoms with Crippen LogP contribution in [-0.2, 0) is 25.0 Å². The van der Waals surface area contributed by atoms with Crippen LogP contribution in [0.2, 0.25) is 0 Å². The second-order valence-electron chi connectivity index (χ2n) is 2.06. The summed E-state index contributed by atoms with van der Waals surface area (Å²) in [5, 5.41) is 0. The van der Waals surface area contributed by atoms with Crippen molar-refractivity contribution in [3.05, 3.63) is 0 Å². The van der Waals surface area contributed by atoms with Crippen molar-refractivity contribution in [2.75, 3.05) is 11.5 Å². The van der Waals surface area contributed by atoms with E-state index in [1.165, 1.54) is 0 Å². The van der Waals surface area contributed by atoms with Crippen LogP contribution in [0.25, 0.3) is 0 Å². The maximum Gasteiger partial charge on any atom is 1.00 e. The summed E-state index contributed by atoms with van der Waals surface area (Å²) in [5.74, 6) is 1.77. The average Bonchev–Trinajstić information content (AvgIpc) is 1.98. The first-order chi connectivity index (χ1) is 6.71. The first-order valence-corrected chi connectivity index (χ1v) is 6.35. The molecule has 0 N–H and O–H groups in total. The Balaban J connectivity index is -0.000000980. The quantitative estimate of drug-likeness (QED) is 0.282. The van der Waals surface area contributed by atoms with E-state index >= 15 is 0 Å². The molecule has 84 valence electrons. The Hall–Kier alpha value is 0.740. The van der Waals surface area contributed by atoms with Crippen LogP contribution in [0.1, 0.15) is 0 Å². The van der Waals surface area contributed by atoms with Crippen molar-refractivity contribution in [3.63, 3.8) is 0 Å². The normalized spacial score (nSPS) is 9.29. The smallest absolute Gasteiger partial charge is 0.747 e. The minimum absolute atomic E-state index is 0. The predicted molar refractivity (Wildman–Crippen MR) is 45.8 cm³/mol. The average molecular weight is 298 g/mol. The van der Waals surface area contributed by atoms with E-state index in [0.29, 0.717) is 0 Å². The molecule has 0 heterocycles. The van der Waals surface area contributed by atoms with Crippen molar-refractivity contribution < 1.29 is 89.8 Å². The number of hydrogen-bond acceptors (Lipinski definition) is 7. The Morgan fingerprint density at radius 2 is 1.12 bits per heavy atom. The molecule has 0 saturated heterocycles. The third-order valence-corrected chi connectivity index (χ3v) is 1.74. The molecule has 17 heavy (non-hydrogen) atoms. The van der Waals surface area contributed by atoms with E-state index in [1.54, 1.807) is 12.2 Å². The van der Waals surface area contributed by atoms with Gasteiger partial charge in [-0.25, -0.2) is 16.8 Å². The molecule has 0 atom stereocenters. The van der Waals surface area contributed by atoms with Crippen LogP contribution in [0, 0.1) is 24.1 Å². The van der Waals surface area contributed by atoms with E-state index in [1.807, 2.05) is 11.8 Å². The Kier molecular flexibility index (Phi) is 14.3. The minimum Gasteiger partial charge on any atom is -0.747 e. The van der Waals surface area contributed by atoms with Gasteiger partial charge in [0.25, 0.3) is 0 Å². The molecule has 7 nitrogen and oxygen atoms in total. The Morgan fingerprint density at radius 1 is 0.824 bits per heavy atom. The SMILES string of the molecule is O=S(=O)([O-])CC#COC#CCS(=O)(=O)[O-].[Na+].[Na+]. The van der Waals surface area contributed by atoms with Crippen molar-refractivity contribution in [2.24, 2.45) is 0 Å². The fraction of sp³-hybridized carbons (Fsp3) is 0.333. The van der Waals surface area contributed by atoms with Gasteiger partial charge in [0, 0.05) is 0 Å². The van der Waals surface area contributed by atoms with Gasteiger partial charge in [-0.15, -0.1) is 0 Å². The van der Waals surface area contributed by atoms with Gasteiger partial charge in [-0.3, -0.25) is 0 Å².